The van der Waals surface area contributed by atoms with Gasteiger partial charge in [0.05, 0.1) is 12.7 Å². The van der Waals surface area contributed by atoms with Crippen molar-refractivity contribution in [3.05, 3.63) is 35.9 Å². The Morgan fingerprint density at radius 3 is 2.60 bits per heavy atom. The largest absolute Gasteiger partial charge is 0.373 e. The van der Waals surface area contributed by atoms with Crippen LogP contribution in [0.1, 0.15) is 25.3 Å². The quantitative estimate of drug-likeness (QED) is 0.892. The molecule has 1 atom stereocenters. The number of nitrogens with zero attached hydrogens (tertiary/aromatic N) is 1. The summed E-state index contributed by atoms with van der Waals surface area (Å²) in [5.74, 6) is 0.103. The monoisotopic (exact) mass is 276 g/mol. The second-order valence-corrected chi connectivity index (χ2v) is 5.46. The van der Waals surface area contributed by atoms with E-state index in [1.165, 1.54) is 5.56 Å². The molecule has 0 radical (unpaired) electrons. The van der Waals surface area contributed by atoms with Gasteiger partial charge in [0.1, 0.15) is 0 Å². The molecule has 1 aliphatic rings. The van der Waals surface area contributed by atoms with Crippen LogP contribution in [0.4, 0.5) is 0 Å². The molecule has 1 heterocycles. The van der Waals surface area contributed by atoms with Gasteiger partial charge in [-0.1, -0.05) is 37.3 Å². The Morgan fingerprint density at radius 2 is 2.00 bits per heavy atom. The molecule has 4 nitrogen and oxygen atoms in total. The topological polar surface area (TPSA) is 55.6 Å². The molecule has 1 saturated heterocycles. The lowest BCUT2D eigenvalue weighted by Gasteiger charge is -2.33. The van der Waals surface area contributed by atoms with Gasteiger partial charge in [-0.2, -0.15) is 0 Å². The van der Waals surface area contributed by atoms with Crippen molar-refractivity contribution in [1.82, 2.24) is 4.90 Å². The van der Waals surface area contributed by atoms with Crippen LogP contribution in [0.15, 0.2) is 30.3 Å². The summed E-state index contributed by atoms with van der Waals surface area (Å²) in [4.78, 5) is 13.9. The van der Waals surface area contributed by atoms with Crippen LogP contribution in [0.3, 0.4) is 0 Å². The van der Waals surface area contributed by atoms with Gasteiger partial charge in [-0.3, -0.25) is 4.79 Å². The Kier molecular flexibility index (Phi) is 5.56. The molecule has 0 bridgehead atoms. The number of hydrogen-bond acceptors (Lipinski definition) is 3. The van der Waals surface area contributed by atoms with Gasteiger partial charge in [0.15, 0.2) is 0 Å². The molecule has 1 unspecified atom stereocenters. The maximum Gasteiger partial charge on any atom is 0.226 e. The lowest BCUT2D eigenvalue weighted by Crippen LogP contribution is -2.44. The van der Waals surface area contributed by atoms with Gasteiger partial charge in [-0.15, -0.1) is 0 Å². The maximum absolute atomic E-state index is 12.0. The highest BCUT2D eigenvalue weighted by Crippen LogP contribution is 2.17. The smallest absolute Gasteiger partial charge is 0.226 e. The molecule has 0 saturated carbocycles. The van der Waals surface area contributed by atoms with Crippen LogP contribution >= 0.6 is 0 Å². The Morgan fingerprint density at radius 1 is 1.35 bits per heavy atom. The van der Waals surface area contributed by atoms with Gasteiger partial charge < -0.3 is 15.4 Å². The van der Waals surface area contributed by atoms with E-state index in [-0.39, 0.29) is 17.9 Å². The first kappa shape index (κ1) is 15.0. The number of hydrogen-bond donors (Lipinski definition) is 1. The molecule has 0 aliphatic carbocycles. The standard InChI is InChI=1S/C16H24N2O2/c1-13(11-17)16(19)18-9-7-15(8-10-18)20-12-14-5-3-2-4-6-14/h2-6,13,15H,7-12,17H2,1H3. The molecule has 1 amide bonds. The Labute approximate surface area is 120 Å². The van der Waals surface area contributed by atoms with Crippen molar-refractivity contribution in [3.8, 4) is 0 Å². The number of amides is 1. The average Bonchev–Trinajstić information content (AvgIpc) is 2.53. The van der Waals surface area contributed by atoms with Crippen molar-refractivity contribution in [3.63, 3.8) is 0 Å². The highest BCUT2D eigenvalue weighted by molar-refractivity contribution is 5.78. The fourth-order valence-electron chi connectivity index (χ4n) is 2.44. The van der Waals surface area contributed by atoms with Crippen LogP contribution < -0.4 is 5.73 Å². The molecule has 1 aromatic rings. The highest BCUT2D eigenvalue weighted by atomic mass is 16.5. The van der Waals surface area contributed by atoms with Crippen LogP contribution in [-0.2, 0) is 16.1 Å². The normalized spacial score (nSPS) is 18.0. The van der Waals surface area contributed by atoms with Gasteiger partial charge >= 0.3 is 0 Å². The number of nitrogens with two attached hydrogens (primary N) is 1. The zero-order valence-corrected chi connectivity index (χ0v) is 12.1. The van der Waals surface area contributed by atoms with Crippen molar-refractivity contribution >= 4 is 5.91 Å². The van der Waals surface area contributed by atoms with Crippen LogP contribution in [0.2, 0.25) is 0 Å². The first-order valence-corrected chi connectivity index (χ1v) is 7.35. The number of ether oxygens (including phenoxy) is 1. The molecule has 4 heteroatoms. The van der Waals surface area contributed by atoms with Gasteiger partial charge in [0, 0.05) is 25.6 Å². The fraction of sp³-hybridized carbons (Fsp3) is 0.562. The molecular formula is C16H24N2O2. The van der Waals surface area contributed by atoms with Crippen molar-refractivity contribution in [2.45, 2.75) is 32.5 Å². The zero-order chi connectivity index (χ0) is 14.4. The Balaban J connectivity index is 1.73. The first-order chi connectivity index (χ1) is 9.70. The van der Waals surface area contributed by atoms with E-state index in [9.17, 15) is 4.79 Å². The van der Waals surface area contributed by atoms with Gasteiger partial charge in [0.2, 0.25) is 5.91 Å². The van der Waals surface area contributed by atoms with Gasteiger partial charge in [0.25, 0.3) is 0 Å². The van der Waals surface area contributed by atoms with E-state index in [4.69, 9.17) is 10.5 Å². The van der Waals surface area contributed by atoms with Crippen molar-refractivity contribution in [2.24, 2.45) is 11.7 Å². The summed E-state index contributed by atoms with van der Waals surface area (Å²) in [5.41, 5.74) is 6.74. The lowest BCUT2D eigenvalue weighted by atomic mass is 10.0. The van der Waals surface area contributed by atoms with Crippen LogP contribution in [0.5, 0.6) is 0 Å². The molecule has 20 heavy (non-hydrogen) atoms. The fourth-order valence-corrected chi connectivity index (χ4v) is 2.44. The molecule has 110 valence electrons. The molecule has 0 aromatic heterocycles. The van der Waals surface area contributed by atoms with E-state index in [0.717, 1.165) is 25.9 Å². The predicted octanol–water partition coefficient (Wildman–Crippen LogP) is 1.79. The molecule has 1 aromatic carbocycles. The second kappa shape index (κ2) is 7.41. The minimum Gasteiger partial charge on any atom is -0.373 e. The summed E-state index contributed by atoms with van der Waals surface area (Å²) >= 11 is 0. The summed E-state index contributed by atoms with van der Waals surface area (Å²) in [6.45, 7) is 4.52. The molecule has 1 aliphatic heterocycles. The minimum atomic E-state index is -0.0724. The van der Waals surface area contributed by atoms with Crippen molar-refractivity contribution < 1.29 is 9.53 Å². The average molecular weight is 276 g/mol. The third-order valence-corrected chi connectivity index (χ3v) is 3.86. The van der Waals surface area contributed by atoms with E-state index >= 15 is 0 Å². The van der Waals surface area contributed by atoms with Crippen molar-refractivity contribution in [1.29, 1.82) is 0 Å². The number of carbonyl (C=O) groups excluding carboxylic acids is 1. The predicted molar refractivity (Wildman–Crippen MR) is 79.1 cm³/mol. The lowest BCUT2D eigenvalue weighted by molar-refractivity contribution is -0.137. The molecule has 0 spiro atoms. The summed E-state index contributed by atoms with van der Waals surface area (Å²) in [5, 5.41) is 0. The zero-order valence-electron chi connectivity index (χ0n) is 12.1. The Bertz CT molecular complexity index is 414. The first-order valence-electron chi connectivity index (χ1n) is 7.35. The van der Waals surface area contributed by atoms with Crippen molar-refractivity contribution in [2.75, 3.05) is 19.6 Å². The third-order valence-electron chi connectivity index (χ3n) is 3.86. The molecule has 1 fully saturated rings. The minimum absolute atomic E-state index is 0.0724. The third kappa shape index (κ3) is 4.05. The SMILES string of the molecule is CC(CN)C(=O)N1CCC(OCc2ccccc2)CC1. The van der Waals surface area contributed by atoms with Crippen LogP contribution in [0.25, 0.3) is 0 Å². The molecule has 2 N–H and O–H groups in total. The van der Waals surface area contributed by atoms with Gasteiger partial charge in [-0.05, 0) is 18.4 Å². The van der Waals surface area contributed by atoms with Gasteiger partial charge in [-0.25, -0.2) is 0 Å². The summed E-state index contributed by atoms with van der Waals surface area (Å²) in [6.07, 6.45) is 2.08. The second-order valence-electron chi connectivity index (χ2n) is 5.46. The number of piperidine rings is 1. The summed E-state index contributed by atoms with van der Waals surface area (Å²) in [7, 11) is 0. The Hall–Kier alpha value is -1.39. The number of benzene rings is 1. The van der Waals surface area contributed by atoms with Crippen LogP contribution in [-0.4, -0.2) is 36.5 Å². The van der Waals surface area contributed by atoms with E-state index in [2.05, 4.69) is 12.1 Å². The maximum atomic E-state index is 12.0. The highest BCUT2D eigenvalue weighted by Gasteiger charge is 2.25. The molecular weight excluding hydrogens is 252 g/mol. The number of rotatable bonds is 5. The van der Waals surface area contributed by atoms with E-state index in [0.29, 0.717) is 13.2 Å². The van der Waals surface area contributed by atoms with E-state index in [1.807, 2.05) is 30.0 Å². The van der Waals surface area contributed by atoms with E-state index in [1.54, 1.807) is 0 Å². The summed E-state index contributed by atoms with van der Waals surface area (Å²) in [6, 6.07) is 10.2. The van der Waals surface area contributed by atoms with E-state index < -0.39 is 0 Å². The van der Waals surface area contributed by atoms with Crippen LogP contribution in [0, 0.1) is 5.92 Å². The number of likely N-dealkylation sites (tertiary alicyclic amines) is 1. The molecule has 2 rings (SSSR count). The summed E-state index contributed by atoms with van der Waals surface area (Å²) < 4.78 is 5.92. The number of carbonyl (C=O) groups is 1.